The van der Waals surface area contributed by atoms with Gasteiger partial charge in [-0.25, -0.2) is 4.79 Å². The predicted molar refractivity (Wildman–Crippen MR) is 134 cm³/mol. The Kier molecular flexibility index (Phi) is 7.30. The predicted octanol–water partition coefficient (Wildman–Crippen LogP) is 2.12. The molecule has 0 radical (unpaired) electrons. The standard InChI is InChI=1S/C22H33BClN7O/c1-12(2)29(13(3)4)8-9-30-18-19(24)27-21(25)28-20(18)31(22(30)32)11-16-15(6)17(23-7)14(5)10-26-16/h10,12-13,23H,8-9,11H2,1-7H3,(H2,25,27,28). The Morgan fingerprint density at radius 3 is 2.41 bits per heavy atom. The van der Waals surface area contributed by atoms with Crippen LogP contribution in [-0.4, -0.2) is 54.9 Å². The largest absolute Gasteiger partial charge is 0.368 e. The molecular formula is C22H33BClN7O. The van der Waals surface area contributed by atoms with Gasteiger partial charge in [0, 0.05) is 31.4 Å². The SMILES string of the molecule is CBc1c(C)cnc(Cn2c(=O)n(CCN(C(C)C)C(C)C)c3c(Cl)nc(N)nc32)c1C. The summed E-state index contributed by atoms with van der Waals surface area (Å²) >= 11 is 6.46. The number of hydrogen-bond acceptors (Lipinski definition) is 6. The minimum Gasteiger partial charge on any atom is -0.368 e. The summed E-state index contributed by atoms with van der Waals surface area (Å²) in [7, 11) is 0.908. The van der Waals surface area contributed by atoms with Gasteiger partial charge in [-0.05, 0) is 52.7 Å². The van der Waals surface area contributed by atoms with Crippen LogP contribution in [0.3, 0.4) is 0 Å². The van der Waals surface area contributed by atoms with Crippen molar-refractivity contribution in [1.29, 1.82) is 0 Å². The molecule has 0 aromatic carbocycles. The molecule has 0 aliphatic rings. The summed E-state index contributed by atoms with van der Waals surface area (Å²) in [4.78, 5) is 29.0. The third-order valence-electron chi connectivity index (χ3n) is 6.17. The van der Waals surface area contributed by atoms with Crippen molar-refractivity contribution in [2.75, 3.05) is 12.3 Å². The highest BCUT2D eigenvalue weighted by molar-refractivity contribution is 6.53. The molecule has 0 fully saturated rings. The van der Waals surface area contributed by atoms with Gasteiger partial charge < -0.3 is 5.73 Å². The van der Waals surface area contributed by atoms with Gasteiger partial charge in [0.25, 0.3) is 0 Å². The summed E-state index contributed by atoms with van der Waals surface area (Å²) < 4.78 is 3.28. The third kappa shape index (κ3) is 4.54. The molecule has 3 heterocycles. The fourth-order valence-corrected chi connectivity index (χ4v) is 4.81. The van der Waals surface area contributed by atoms with Gasteiger partial charge in [0.15, 0.2) is 18.1 Å². The van der Waals surface area contributed by atoms with Gasteiger partial charge in [-0.2, -0.15) is 9.97 Å². The van der Waals surface area contributed by atoms with Gasteiger partial charge in [-0.3, -0.25) is 19.0 Å². The van der Waals surface area contributed by atoms with Crippen LogP contribution in [-0.2, 0) is 13.1 Å². The summed E-state index contributed by atoms with van der Waals surface area (Å²) in [5.74, 6) is 0.0437. The lowest BCUT2D eigenvalue weighted by Gasteiger charge is -2.30. The van der Waals surface area contributed by atoms with E-state index in [1.807, 2.05) is 6.20 Å². The van der Waals surface area contributed by atoms with E-state index in [9.17, 15) is 4.79 Å². The second-order valence-electron chi connectivity index (χ2n) is 8.84. The van der Waals surface area contributed by atoms with E-state index in [1.165, 1.54) is 5.46 Å². The zero-order valence-corrected chi connectivity index (χ0v) is 20.9. The van der Waals surface area contributed by atoms with Crippen LogP contribution in [0.1, 0.15) is 44.5 Å². The highest BCUT2D eigenvalue weighted by Crippen LogP contribution is 2.22. The average molecular weight is 458 g/mol. The molecule has 0 amide bonds. The Morgan fingerprint density at radius 1 is 1.16 bits per heavy atom. The van der Waals surface area contributed by atoms with Crippen molar-refractivity contribution in [3.63, 3.8) is 0 Å². The second kappa shape index (κ2) is 9.62. The van der Waals surface area contributed by atoms with Crippen molar-refractivity contribution in [1.82, 2.24) is 29.0 Å². The first-order valence-electron chi connectivity index (χ1n) is 11.2. The van der Waals surface area contributed by atoms with Gasteiger partial charge in [0.1, 0.15) is 5.52 Å². The molecule has 0 spiro atoms. The molecule has 0 bridgehead atoms. The van der Waals surface area contributed by atoms with Crippen LogP contribution in [0, 0.1) is 13.8 Å². The van der Waals surface area contributed by atoms with Crippen molar-refractivity contribution in [2.24, 2.45) is 0 Å². The first-order chi connectivity index (χ1) is 15.1. The smallest absolute Gasteiger partial charge is 0.330 e. The molecular weight excluding hydrogens is 425 g/mol. The van der Waals surface area contributed by atoms with Gasteiger partial charge in [0.2, 0.25) is 5.95 Å². The minimum atomic E-state index is -0.186. The number of nitrogens with two attached hydrogens (primary N) is 1. The zero-order chi connectivity index (χ0) is 23.7. The summed E-state index contributed by atoms with van der Waals surface area (Å²) in [5, 5.41) is 0.187. The average Bonchev–Trinajstić information content (AvgIpc) is 2.95. The number of rotatable bonds is 8. The topological polar surface area (TPSA) is 94.9 Å². The van der Waals surface area contributed by atoms with E-state index in [2.05, 4.69) is 68.2 Å². The van der Waals surface area contributed by atoms with Crippen molar-refractivity contribution in [3.8, 4) is 0 Å². The molecule has 0 unspecified atom stereocenters. The van der Waals surface area contributed by atoms with Gasteiger partial charge in [-0.1, -0.05) is 23.9 Å². The van der Waals surface area contributed by atoms with Gasteiger partial charge in [0.05, 0.1) is 12.2 Å². The normalized spacial score (nSPS) is 12.0. The Labute approximate surface area is 195 Å². The number of pyridine rings is 1. The molecule has 0 saturated carbocycles. The van der Waals surface area contributed by atoms with Crippen LogP contribution in [0.5, 0.6) is 0 Å². The number of halogens is 1. The van der Waals surface area contributed by atoms with Crippen LogP contribution < -0.4 is 16.9 Å². The maximum absolute atomic E-state index is 13.6. The third-order valence-corrected chi connectivity index (χ3v) is 6.44. The van der Waals surface area contributed by atoms with Gasteiger partial charge in [-0.15, -0.1) is 0 Å². The lowest BCUT2D eigenvalue weighted by molar-refractivity contribution is 0.168. The monoisotopic (exact) mass is 457 g/mol. The highest BCUT2D eigenvalue weighted by Gasteiger charge is 2.22. The molecule has 0 atom stereocenters. The quantitative estimate of drug-likeness (QED) is 0.411. The summed E-state index contributed by atoms with van der Waals surface area (Å²) in [6, 6.07) is 0.710. The lowest BCUT2D eigenvalue weighted by atomic mass is 9.69. The maximum atomic E-state index is 13.6. The fraction of sp³-hybridized carbons (Fsp3) is 0.545. The number of imidazole rings is 1. The molecule has 10 heteroatoms. The Bertz CT molecular complexity index is 1180. The zero-order valence-electron chi connectivity index (χ0n) is 20.1. The Balaban J connectivity index is 2.12. The maximum Gasteiger partial charge on any atom is 0.330 e. The van der Waals surface area contributed by atoms with Crippen molar-refractivity contribution < 1.29 is 0 Å². The minimum absolute atomic E-state index is 0.0437. The van der Waals surface area contributed by atoms with E-state index in [-0.39, 0.29) is 16.8 Å². The number of anilines is 1. The van der Waals surface area contributed by atoms with Crippen LogP contribution in [0.2, 0.25) is 12.0 Å². The molecule has 32 heavy (non-hydrogen) atoms. The number of fused-ring (bicyclic) bond motifs is 1. The number of nitrogen functional groups attached to an aromatic ring is 1. The van der Waals surface area contributed by atoms with Crippen LogP contribution in [0.15, 0.2) is 11.0 Å². The van der Waals surface area contributed by atoms with E-state index in [4.69, 9.17) is 17.3 Å². The summed E-state index contributed by atoms with van der Waals surface area (Å²) in [6.45, 7) is 16.3. The van der Waals surface area contributed by atoms with Crippen molar-refractivity contribution in [2.45, 2.75) is 73.5 Å². The fourth-order valence-electron chi connectivity index (χ4n) is 4.54. The molecule has 3 aromatic rings. The van der Waals surface area contributed by atoms with Crippen LogP contribution in [0.4, 0.5) is 5.95 Å². The number of hydrogen-bond donors (Lipinski definition) is 1. The van der Waals surface area contributed by atoms with Crippen molar-refractivity contribution in [3.05, 3.63) is 38.7 Å². The molecule has 3 aromatic heterocycles. The van der Waals surface area contributed by atoms with E-state index >= 15 is 0 Å². The molecule has 2 N–H and O–H groups in total. The number of aromatic nitrogens is 5. The van der Waals surface area contributed by atoms with Gasteiger partial charge >= 0.3 is 5.69 Å². The number of aryl methyl sites for hydroxylation is 1. The van der Waals surface area contributed by atoms with Crippen molar-refractivity contribution >= 4 is 41.5 Å². The summed E-state index contributed by atoms with van der Waals surface area (Å²) in [5.41, 5.74) is 11.0. The molecule has 0 aliphatic heterocycles. The lowest BCUT2D eigenvalue weighted by Crippen LogP contribution is -2.40. The van der Waals surface area contributed by atoms with E-state index < -0.39 is 0 Å². The van der Waals surface area contributed by atoms with Crippen LogP contribution >= 0.6 is 11.6 Å². The molecule has 172 valence electrons. The molecule has 0 aliphatic carbocycles. The molecule has 3 rings (SSSR count). The Morgan fingerprint density at radius 2 is 1.81 bits per heavy atom. The van der Waals surface area contributed by atoms with E-state index in [0.717, 1.165) is 24.1 Å². The Hall–Kier alpha value is -2.39. The first-order valence-corrected chi connectivity index (χ1v) is 11.6. The second-order valence-corrected chi connectivity index (χ2v) is 9.19. The number of nitrogens with zero attached hydrogens (tertiary/aromatic N) is 6. The van der Waals surface area contributed by atoms with E-state index in [0.29, 0.717) is 42.9 Å². The molecule has 0 saturated heterocycles. The summed E-state index contributed by atoms with van der Waals surface area (Å²) in [6.07, 6.45) is 1.87. The molecule has 8 nitrogen and oxygen atoms in total. The van der Waals surface area contributed by atoms with Crippen LogP contribution in [0.25, 0.3) is 11.2 Å². The first kappa shape index (κ1) is 24.3. The van der Waals surface area contributed by atoms with E-state index in [1.54, 1.807) is 9.13 Å². The highest BCUT2D eigenvalue weighted by atomic mass is 35.5.